The summed E-state index contributed by atoms with van der Waals surface area (Å²) in [6.07, 6.45) is 2.73. The number of rotatable bonds is 5. The van der Waals surface area contributed by atoms with Crippen molar-refractivity contribution in [1.29, 1.82) is 0 Å². The van der Waals surface area contributed by atoms with E-state index in [1.54, 1.807) is 24.3 Å². The molecule has 0 aromatic heterocycles. The number of carbonyl (C=O) groups is 3. The lowest BCUT2D eigenvalue weighted by Crippen LogP contribution is -2.09. The average molecular weight is 341 g/mol. The fraction of sp³-hybridized carbons (Fsp3) is 0.0556. The van der Waals surface area contributed by atoms with Crippen molar-refractivity contribution < 1.29 is 29.3 Å². The fourth-order valence-electron chi connectivity index (χ4n) is 1.96. The second-order valence-corrected chi connectivity index (χ2v) is 4.97. The summed E-state index contributed by atoms with van der Waals surface area (Å²) in [7, 11) is 1.29. The Bertz CT molecular complexity index is 839. The van der Waals surface area contributed by atoms with E-state index in [1.165, 1.54) is 31.4 Å². The van der Waals surface area contributed by atoms with E-state index in [0.717, 1.165) is 6.07 Å². The molecule has 0 unspecified atom stereocenters. The van der Waals surface area contributed by atoms with Crippen molar-refractivity contribution in [3.63, 3.8) is 0 Å². The van der Waals surface area contributed by atoms with Crippen LogP contribution < -0.4 is 5.32 Å². The summed E-state index contributed by atoms with van der Waals surface area (Å²) in [4.78, 5) is 34.2. The first-order valence-electron chi connectivity index (χ1n) is 7.14. The Morgan fingerprint density at radius 1 is 1.04 bits per heavy atom. The van der Waals surface area contributed by atoms with E-state index in [0.29, 0.717) is 11.1 Å². The van der Waals surface area contributed by atoms with Gasteiger partial charge in [0.1, 0.15) is 5.75 Å². The van der Waals surface area contributed by atoms with Gasteiger partial charge in [0, 0.05) is 6.08 Å². The molecule has 128 valence electrons. The number of phenolic OH excluding ortho intramolecular Hbond substituents is 1. The Morgan fingerprint density at radius 2 is 1.68 bits per heavy atom. The van der Waals surface area contributed by atoms with Crippen LogP contribution in [0, 0.1) is 0 Å². The molecule has 0 aliphatic carbocycles. The van der Waals surface area contributed by atoms with Crippen molar-refractivity contribution in [3.8, 4) is 5.75 Å². The molecule has 3 N–H and O–H groups in total. The van der Waals surface area contributed by atoms with Crippen molar-refractivity contribution >= 4 is 29.6 Å². The number of amides is 1. The molecule has 25 heavy (non-hydrogen) atoms. The second kappa shape index (κ2) is 7.78. The molecule has 0 fully saturated rings. The van der Waals surface area contributed by atoms with E-state index in [1.807, 2.05) is 0 Å². The van der Waals surface area contributed by atoms with Gasteiger partial charge in [-0.3, -0.25) is 4.79 Å². The van der Waals surface area contributed by atoms with E-state index in [2.05, 4.69) is 10.1 Å². The Kier molecular flexibility index (Phi) is 5.52. The van der Waals surface area contributed by atoms with Crippen LogP contribution in [-0.4, -0.2) is 35.2 Å². The summed E-state index contributed by atoms with van der Waals surface area (Å²) in [6, 6.07) is 9.98. The second-order valence-electron chi connectivity index (χ2n) is 4.97. The molecule has 0 spiro atoms. The van der Waals surface area contributed by atoms with Gasteiger partial charge >= 0.3 is 11.9 Å². The van der Waals surface area contributed by atoms with Crippen LogP contribution in [-0.2, 0) is 9.53 Å². The number of methoxy groups -OCH3 is 1. The van der Waals surface area contributed by atoms with Crippen LogP contribution in [0.2, 0.25) is 0 Å². The summed E-state index contributed by atoms with van der Waals surface area (Å²) in [5, 5.41) is 21.0. The maximum absolute atomic E-state index is 11.9. The number of anilines is 1. The van der Waals surface area contributed by atoms with Crippen LogP contribution in [0.3, 0.4) is 0 Å². The van der Waals surface area contributed by atoms with Gasteiger partial charge in [0.15, 0.2) is 0 Å². The number of phenols is 1. The Balaban J connectivity index is 2.07. The maximum atomic E-state index is 11.9. The zero-order chi connectivity index (χ0) is 18.4. The number of esters is 1. The predicted molar refractivity (Wildman–Crippen MR) is 90.5 cm³/mol. The predicted octanol–water partition coefficient (Wildman–Crippen LogP) is 2.53. The van der Waals surface area contributed by atoms with Crippen LogP contribution in [0.15, 0.2) is 48.5 Å². The van der Waals surface area contributed by atoms with E-state index in [-0.39, 0.29) is 17.0 Å². The third-order valence-electron chi connectivity index (χ3n) is 3.26. The van der Waals surface area contributed by atoms with Crippen molar-refractivity contribution in [1.82, 2.24) is 0 Å². The third kappa shape index (κ3) is 4.68. The molecule has 2 aromatic carbocycles. The highest BCUT2D eigenvalue weighted by Gasteiger charge is 2.09. The van der Waals surface area contributed by atoms with Gasteiger partial charge in [-0.15, -0.1) is 0 Å². The molecular formula is C18H15NO6. The SMILES string of the molecule is COC(=O)c1ccc(/C=C/C(=O)Nc2cc(C(=O)O)ccc2O)cc1. The minimum Gasteiger partial charge on any atom is -0.506 e. The molecule has 0 saturated heterocycles. The lowest BCUT2D eigenvalue weighted by molar-refractivity contribution is -0.111. The average Bonchev–Trinajstić information content (AvgIpc) is 2.61. The zero-order valence-electron chi connectivity index (χ0n) is 13.2. The number of nitrogens with one attached hydrogen (secondary N) is 1. The van der Waals surface area contributed by atoms with Crippen molar-refractivity contribution in [3.05, 3.63) is 65.2 Å². The minimum absolute atomic E-state index is 0.00408. The molecule has 1 amide bonds. The first-order valence-corrected chi connectivity index (χ1v) is 7.14. The van der Waals surface area contributed by atoms with Gasteiger partial charge in [0.05, 0.1) is 23.9 Å². The van der Waals surface area contributed by atoms with Gasteiger partial charge in [0.25, 0.3) is 0 Å². The largest absolute Gasteiger partial charge is 0.506 e. The van der Waals surface area contributed by atoms with Crippen LogP contribution in [0.4, 0.5) is 5.69 Å². The van der Waals surface area contributed by atoms with Crippen LogP contribution >= 0.6 is 0 Å². The zero-order valence-corrected chi connectivity index (χ0v) is 13.2. The van der Waals surface area contributed by atoms with E-state index in [9.17, 15) is 19.5 Å². The molecule has 2 rings (SSSR count). The molecule has 0 aliphatic rings. The van der Waals surface area contributed by atoms with Crippen LogP contribution in [0.5, 0.6) is 5.75 Å². The van der Waals surface area contributed by atoms with Gasteiger partial charge in [-0.05, 0) is 42.0 Å². The Hall–Kier alpha value is -3.61. The summed E-state index contributed by atoms with van der Waals surface area (Å²) in [6.45, 7) is 0. The molecule has 0 aliphatic heterocycles. The Labute approximate surface area is 143 Å². The minimum atomic E-state index is -1.17. The summed E-state index contributed by atoms with van der Waals surface area (Å²) < 4.78 is 4.59. The number of ether oxygens (including phenoxy) is 1. The van der Waals surface area contributed by atoms with Crippen molar-refractivity contribution in [2.75, 3.05) is 12.4 Å². The number of carboxylic acids is 1. The number of hydrogen-bond donors (Lipinski definition) is 3. The summed E-state index contributed by atoms with van der Waals surface area (Å²) >= 11 is 0. The van der Waals surface area contributed by atoms with E-state index in [4.69, 9.17) is 5.11 Å². The summed E-state index contributed by atoms with van der Waals surface area (Å²) in [5.41, 5.74) is 0.997. The number of carboxylic acid groups (broad SMARTS) is 1. The van der Waals surface area contributed by atoms with Crippen LogP contribution in [0.1, 0.15) is 26.3 Å². The quantitative estimate of drug-likeness (QED) is 0.437. The first kappa shape index (κ1) is 17.7. The number of aromatic hydroxyl groups is 1. The van der Waals surface area contributed by atoms with Gasteiger partial charge in [0.2, 0.25) is 5.91 Å². The smallest absolute Gasteiger partial charge is 0.337 e. The molecule has 7 nitrogen and oxygen atoms in total. The van der Waals surface area contributed by atoms with Gasteiger partial charge < -0.3 is 20.3 Å². The standard InChI is InChI=1S/C18H15NO6/c1-25-18(24)12-5-2-11(3-6-12)4-9-16(21)19-14-10-13(17(22)23)7-8-15(14)20/h2-10,20H,1H3,(H,19,21)(H,22,23)/b9-4+. The van der Waals surface area contributed by atoms with E-state index >= 15 is 0 Å². The molecule has 0 heterocycles. The first-order chi connectivity index (χ1) is 11.9. The number of benzene rings is 2. The monoisotopic (exact) mass is 341 g/mol. The number of carbonyl (C=O) groups excluding carboxylic acids is 2. The molecule has 0 atom stereocenters. The highest BCUT2D eigenvalue weighted by molar-refractivity contribution is 6.03. The molecule has 0 saturated carbocycles. The third-order valence-corrected chi connectivity index (χ3v) is 3.26. The van der Waals surface area contributed by atoms with E-state index < -0.39 is 17.8 Å². The fourth-order valence-corrected chi connectivity index (χ4v) is 1.96. The van der Waals surface area contributed by atoms with Gasteiger partial charge in [-0.2, -0.15) is 0 Å². The molecule has 0 bridgehead atoms. The maximum Gasteiger partial charge on any atom is 0.337 e. The lowest BCUT2D eigenvalue weighted by Gasteiger charge is -2.06. The number of aromatic carboxylic acids is 1. The van der Waals surface area contributed by atoms with Crippen molar-refractivity contribution in [2.45, 2.75) is 0 Å². The molecule has 2 aromatic rings. The van der Waals surface area contributed by atoms with Gasteiger partial charge in [-0.25, -0.2) is 9.59 Å². The molecule has 0 radical (unpaired) electrons. The van der Waals surface area contributed by atoms with Gasteiger partial charge in [-0.1, -0.05) is 12.1 Å². The lowest BCUT2D eigenvalue weighted by atomic mass is 10.1. The highest BCUT2D eigenvalue weighted by Crippen LogP contribution is 2.24. The highest BCUT2D eigenvalue weighted by atomic mass is 16.5. The topological polar surface area (TPSA) is 113 Å². The van der Waals surface area contributed by atoms with Crippen molar-refractivity contribution in [2.24, 2.45) is 0 Å². The normalized spacial score (nSPS) is 10.4. The van der Waals surface area contributed by atoms with Crippen LogP contribution in [0.25, 0.3) is 6.08 Å². The number of hydrogen-bond acceptors (Lipinski definition) is 5. The summed E-state index contributed by atoms with van der Waals surface area (Å²) in [5.74, 6) is -2.41. The molecular weight excluding hydrogens is 326 g/mol. The Morgan fingerprint density at radius 3 is 2.28 bits per heavy atom. The molecule has 7 heteroatoms.